The lowest BCUT2D eigenvalue weighted by Gasteiger charge is -2.16. The third kappa shape index (κ3) is 4.29. The SMILES string of the molecule is CCOc1ccc(CN(C)C(=O)c2csc(-c3ccc(C)cc3)n2)cc1. The third-order valence-electron chi connectivity index (χ3n) is 4.02. The third-order valence-corrected chi connectivity index (χ3v) is 4.91. The van der Waals surface area contributed by atoms with Crippen LogP contribution in [0.1, 0.15) is 28.5 Å². The molecule has 4 nitrogen and oxygen atoms in total. The molecule has 134 valence electrons. The van der Waals surface area contributed by atoms with Crippen molar-refractivity contribution in [3.05, 3.63) is 70.7 Å². The Balaban J connectivity index is 1.67. The Hall–Kier alpha value is -2.66. The van der Waals surface area contributed by atoms with Crippen LogP contribution in [0.5, 0.6) is 5.75 Å². The molecule has 3 rings (SSSR count). The van der Waals surface area contributed by atoms with E-state index in [1.807, 2.05) is 48.7 Å². The first kappa shape index (κ1) is 18.1. The minimum atomic E-state index is -0.0755. The number of thiazole rings is 1. The first-order chi connectivity index (χ1) is 12.6. The van der Waals surface area contributed by atoms with Gasteiger partial charge in [-0.25, -0.2) is 4.98 Å². The molecule has 0 bridgehead atoms. The van der Waals surface area contributed by atoms with E-state index in [-0.39, 0.29) is 5.91 Å². The molecule has 0 unspecified atom stereocenters. The van der Waals surface area contributed by atoms with Crippen molar-refractivity contribution in [2.45, 2.75) is 20.4 Å². The molecule has 0 aliphatic heterocycles. The Morgan fingerprint density at radius 1 is 1.12 bits per heavy atom. The number of ether oxygens (including phenoxy) is 1. The number of benzene rings is 2. The van der Waals surface area contributed by atoms with Crippen molar-refractivity contribution in [3.63, 3.8) is 0 Å². The van der Waals surface area contributed by atoms with Crippen LogP contribution in [-0.2, 0) is 6.54 Å². The van der Waals surface area contributed by atoms with Crippen molar-refractivity contribution in [3.8, 4) is 16.3 Å². The van der Waals surface area contributed by atoms with Crippen molar-refractivity contribution >= 4 is 17.2 Å². The highest BCUT2D eigenvalue weighted by Gasteiger charge is 2.16. The molecule has 1 aromatic heterocycles. The van der Waals surface area contributed by atoms with Gasteiger partial charge >= 0.3 is 0 Å². The zero-order valence-electron chi connectivity index (χ0n) is 15.2. The summed E-state index contributed by atoms with van der Waals surface area (Å²) in [5.74, 6) is 0.765. The molecule has 0 N–H and O–H groups in total. The summed E-state index contributed by atoms with van der Waals surface area (Å²) in [6, 6.07) is 16.0. The quantitative estimate of drug-likeness (QED) is 0.630. The standard InChI is InChI=1S/C21H22N2O2S/c1-4-25-18-11-7-16(8-12-18)13-23(3)21(24)19-14-26-20(22-19)17-9-5-15(2)6-10-17/h5-12,14H,4,13H2,1-3H3. The lowest BCUT2D eigenvalue weighted by Crippen LogP contribution is -2.26. The summed E-state index contributed by atoms with van der Waals surface area (Å²) < 4.78 is 5.45. The molecular weight excluding hydrogens is 344 g/mol. The van der Waals surface area contributed by atoms with Crippen molar-refractivity contribution in [2.24, 2.45) is 0 Å². The van der Waals surface area contributed by atoms with Gasteiger partial charge < -0.3 is 9.64 Å². The fourth-order valence-electron chi connectivity index (χ4n) is 2.60. The van der Waals surface area contributed by atoms with Crippen LogP contribution in [0.4, 0.5) is 0 Å². The van der Waals surface area contributed by atoms with E-state index in [1.54, 1.807) is 11.9 Å². The minimum Gasteiger partial charge on any atom is -0.494 e. The molecule has 3 aromatic rings. The molecule has 0 atom stereocenters. The Labute approximate surface area is 158 Å². The second-order valence-electron chi connectivity index (χ2n) is 6.14. The fraction of sp³-hybridized carbons (Fsp3) is 0.238. The number of aromatic nitrogens is 1. The maximum absolute atomic E-state index is 12.7. The zero-order valence-corrected chi connectivity index (χ0v) is 16.0. The molecule has 26 heavy (non-hydrogen) atoms. The lowest BCUT2D eigenvalue weighted by atomic mass is 10.2. The molecule has 2 aromatic carbocycles. The van der Waals surface area contributed by atoms with Gasteiger partial charge in [0.1, 0.15) is 16.5 Å². The van der Waals surface area contributed by atoms with Gasteiger partial charge in [0.2, 0.25) is 0 Å². The normalized spacial score (nSPS) is 10.6. The minimum absolute atomic E-state index is 0.0755. The number of amides is 1. The van der Waals surface area contributed by atoms with E-state index in [0.717, 1.165) is 21.9 Å². The van der Waals surface area contributed by atoms with Gasteiger partial charge in [0.15, 0.2) is 0 Å². The van der Waals surface area contributed by atoms with Crippen LogP contribution < -0.4 is 4.74 Å². The Morgan fingerprint density at radius 3 is 2.46 bits per heavy atom. The molecule has 0 fully saturated rings. The van der Waals surface area contributed by atoms with Crippen LogP contribution >= 0.6 is 11.3 Å². The predicted molar refractivity (Wildman–Crippen MR) is 106 cm³/mol. The average molecular weight is 366 g/mol. The lowest BCUT2D eigenvalue weighted by molar-refractivity contribution is 0.0780. The van der Waals surface area contributed by atoms with E-state index < -0.39 is 0 Å². The van der Waals surface area contributed by atoms with E-state index in [9.17, 15) is 4.79 Å². The molecule has 0 saturated carbocycles. The molecule has 0 spiro atoms. The summed E-state index contributed by atoms with van der Waals surface area (Å²) in [6.07, 6.45) is 0. The number of aryl methyl sites for hydroxylation is 1. The summed E-state index contributed by atoms with van der Waals surface area (Å²) in [5.41, 5.74) is 3.78. The molecular formula is C21H22N2O2S. The second kappa shape index (κ2) is 8.15. The molecule has 0 aliphatic rings. The Bertz CT molecular complexity index is 870. The van der Waals surface area contributed by atoms with Crippen LogP contribution in [0.25, 0.3) is 10.6 Å². The van der Waals surface area contributed by atoms with E-state index in [2.05, 4.69) is 24.0 Å². The van der Waals surface area contributed by atoms with Crippen LogP contribution in [0.15, 0.2) is 53.9 Å². The number of carbonyl (C=O) groups is 1. The number of carbonyl (C=O) groups excluding carboxylic acids is 1. The molecule has 1 heterocycles. The van der Waals surface area contributed by atoms with E-state index in [4.69, 9.17) is 4.74 Å². The molecule has 5 heteroatoms. The average Bonchev–Trinajstić information content (AvgIpc) is 3.13. The van der Waals surface area contributed by atoms with Gasteiger partial charge in [-0.05, 0) is 31.5 Å². The highest BCUT2D eigenvalue weighted by Crippen LogP contribution is 2.24. The number of nitrogens with zero attached hydrogens (tertiary/aromatic N) is 2. The summed E-state index contributed by atoms with van der Waals surface area (Å²) in [6.45, 7) is 5.18. The summed E-state index contributed by atoms with van der Waals surface area (Å²) in [4.78, 5) is 18.9. The Morgan fingerprint density at radius 2 is 1.81 bits per heavy atom. The van der Waals surface area contributed by atoms with Crippen molar-refractivity contribution in [1.29, 1.82) is 0 Å². The van der Waals surface area contributed by atoms with Gasteiger partial charge in [0, 0.05) is 24.5 Å². The largest absolute Gasteiger partial charge is 0.494 e. The van der Waals surface area contributed by atoms with Gasteiger partial charge in [0.05, 0.1) is 6.61 Å². The van der Waals surface area contributed by atoms with E-state index in [0.29, 0.717) is 18.8 Å². The van der Waals surface area contributed by atoms with E-state index in [1.165, 1.54) is 16.9 Å². The Kier molecular flexibility index (Phi) is 5.68. The highest BCUT2D eigenvalue weighted by atomic mass is 32.1. The predicted octanol–water partition coefficient (Wildman–Crippen LogP) is 4.79. The fourth-order valence-corrected chi connectivity index (χ4v) is 3.40. The number of rotatable bonds is 6. The summed E-state index contributed by atoms with van der Waals surface area (Å²) in [7, 11) is 1.80. The zero-order chi connectivity index (χ0) is 18.5. The van der Waals surface area contributed by atoms with Crippen molar-refractivity contribution in [1.82, 2.24) is 9.88 Å². The maximum Gasteiger partial charge on any atom is 0.273 e. The van der Waals surface area contributed by atoms with Gasteiger partial charge in [0.25, 0.3) is 5.91 Å². The summed E-state index contributed by atoms with van der Waals surface area (Å²) >= 11 is 1.49. The van der Waals surface area contributed by atoms with Crippen molar-refractivity contribution in [2.75, 3.05) is 13.7 Å². The number of hydrogen-bond donors (Lipinski definition) is 0. The van der Waals surface area contributed by atoms with Crippen LogP contribution in [-0.4, -0.2) is 29.4 Å². The van der Waals surface area contributed by atoms with Crippen LogP contribution in [0.3, 0.4) is 0 Å². The van der Waals surface area contributed by atoms with Crippen LogP contribution in [0.2, 0.25) is 0 Å². The van der Waals surface area contributed by atoms with Gasteiger partial charge in [-0.3, -0.25) is 4.79 Å². The number of hydrogen-bond acceptors (Lipinski definition) is 4. The second-order valence-corrected chi connectivity index (χ2v) is 7.00. The monoisotopic (exact) mass is 366 g/mol. The molecule has 0 aliphatic carbocycles. The summed E-state index contributed by atoms with van der Waals surface area (Å²) in [5, 5.41) is 2.69. The van der Waals surface area contributed by atoms with Crippen LogP contribution in [0, 0.1) is 6.92 Å². The molecule has 1 amide bonds. The van der Waals surface area contributed by atoms with Crippen molar-refractivity contribution < 1.29 is 9.53 Å². The molecule has 0 radical (unpaired) electrons. The smallest absolute Gasteiger partial charge is 0.273 e. The van der Waals surface area contributed by atoms with E-state index >= 15 is 0 Å². The first-order valence-corrected chi connectivity index (χ1v) is 9.44. The van der Waals surface area contributed by atoms with Gasteiger partial charge in [-0.1, -0.05) is 42.0 Å². The highest BCUT2D eigenvalue weighted by molar-refractivity contribution is 7.13. The van der Waals surface area contributed by atoms with Gasteiger partial charge in [-0.2, -0.15) is 0 Å². The maximum atomic E-state index is 12.7. The topological polar surface area (TPSA) is 42.4 Å². The first-order valence-electron chi connectivity index (χ1n) is 8.56. The molecule has 0 saturated heterocycles. The van der Waals surface area contributed by atoms with Gasteiger partial charge in [-0.15, -0.1) is 11.3 Å².